The number of morpholine rings is 1. The lowest BCUT2D eigenvalue weighted by Crippen LogP contribution is -2.37. The van der Waals surface area contributed by atoms with Gasteiger partial charge in [0, 0.05) is 52.3 Å². The van der Waals surface area contributed by atoms with Crippen LogP contribution in [0.1, 0.15) is 17.5 Å². The number of aromatic nitrogens is 1. The van der Waals surface area contributed by atoms with Crippen LogP contribution in [0.5, 0.6) is 0 Å². The van der Waals surface area contributed by atoms with E-state index in [1.54, 1.807) is 0 Å². The van der Waals surface area contributed by atoms with Crippen LogP contribution in [0.25, 0.3) is 10.9 Å². The predicted molar refractivity (Wildman–Crippen MR) is 121 cm³/mol. The highest BCUT2D eigenvalue weighted by atomic mass is 35.5. The van der Waals surface area contributed by atoms with Crippen molar-refractivity contribution in [2.45, 2.75) is 19.5 Å². The van der Waals surface area contributed by atoms with Crippen molar-refractivity contribution in [3.05, 3.63) is 69.8 Å². The van der Waals surface area contributed by atoms with E-state index in [9.17, 15) is 0 Å². The third kappa shape index (κ3) is 5.14. The Balaban J connectivity index is 1.41. The molecule has 6 heteroatoms. The number of nitrogens with one attached hydrogen (secondary N) is 1. The van der Waals surface area contributed by atoms with Crippen LogP contribution in [0.2, 0.25) is 10.0 Å². The zero-order chi connectivity index (χ0) is 20.1. The normalized spacial score (nSPS) is 15.2. The van der Waals surface area contributed by atoms with Gasteiger partial charge in [-0.2, -0.15) is 0 Å². The number of benzene rings is 2. The topological polar surface area (TPSA) is 29.4 Å². The fraction of sp³-hybridized carbons (Fsp3) is 0.391. The molecule has 4 nitrogen and oxygen atoms in total. The molecule has 2 aromatic carbocycles. The van der Waals surface area contributed by atoms with E-state index in [1.807, 2.05) is 18.2 Å². The Labute approximate surface area is 182 Å². The predicted octanol–water partition coefficient (Wildman–Crippen LogP) is 4.81. The van der Waals surface area contributed by atoms with Gasteiger partial charge in [0.05, 0.1) is 19.8 Å². The highest BCUT2D eigenvalue weighted by molar-refractivity contribution is 6.36. The van der Waals surface area contributed by atoms with Crippen molar-refractivity contribution in [3.8, 4) is 0 Å². The summed E-state index contributed by atoms with van der Waals surface area (Å²) in [5, 5.41) is 6.30. The molecule has 1 aliphatic heterocycles. The van der Waals surface area contributed by atoms with Gasteiger partial charge in [0.25, 0.3) is 0 Å². The molecule has 1 N–H and O–H groups in total. The molecule has 0 amide bonds. The maximum absolute atomic E-state index is 6.40. The van der Waals surface area contributed by atoms with Gasteiger partial charge in [-0.05, 0) is 43.3 Å². The second kappa shape index (κ2) is 9.96. The molecule has 1 saturated heterocycles. The van der Waals surface area contributed by atoms with Crippen molar-refractivity contribution in [3.63, 3.8) is 0 Å². The summed E-state index contributed by atoms with van der Waals surface area (Å²) >= 11 is 12.8. The number of halogens is 2. The molecule has 0 unspecified atom stereocenters. The average molecular weight is 432 g/mol. The van der Waals surface area contributed by atoms with E-state index in [0.29, 0.717) is 16.6 Å². The molecule has 0 aliphatic carbocycles. The van der Waals surface area contributed by atoms with Crippen LogP contribution in [0.15, 0.2) is 48.7 Å². The van der Waals surface area contributed by atoms with Crippen molar-refractivity contribution in [1.82, 2.24) is 14.8 Å². The van der Waals surface area contributed by atoms with Crippen LogP contribution in [0.3, 0.4) is 0 Å². The van der Waals surface area contributed by atoms with E-state index < -0.39 is 0 Å². The molecule has 1 aromatic heterocycles. The van der Waals surface area contributed by atoms with Crippen LogP contribution in [-0.2, 0) is 17.8 Å². The minimum Gasteiger partial charge on any atom is -0.379 e. The zero-order valence-electron chi connectivity index (χ0n) is 16.5. The number of ether oxygens (including phenoxy) is 1. The highest BCUT2D eigenvalue weighted by Crippen LogP contribution is 2.28. The fourth-order valence-electron chi connectivity index (χ4n) is 3.92. The Morgan fingerprint density at radius 3 is 2.52 bits per heavy atom. The van der Waals surface area contributed by atoms with Crippen molar-refractivity contribution >= 4 is 34.1 Å². The molecule has 1 fully saturated rings. The molecule has 3 aromatic rings. The Hall–Kier alpha value is -1.56. The molecule has 0 atom stereocenters. The Bertz CT molecular complexity index is 930. The van der Waals surface area contributed by atoms with Gasteiger partial charge in [0.15, 0.2) is 0 Å². The fourth-order valence-corrected chi connectivity index (χ4v) is 4.44. The lowest BCUT2D eigenvalue weighted by molar-refractivity contribution is 0.0374. The second-order valence-electron chi connectivity index (χ2n) is 7.48. The second-order valence-corrected chi connectivity index (χ2v) is 8.30. The third-order valence-electron chi connectivity index (χ3n) is 5.51. The summed E-state index contributed by atoms with van der Waals surface area (Å²) in [5.74, 6) is 0. The van der Waals surface area contributed by atoms with Gasteiger partial charge < -0.3 is 14.6 Å². The average Bonchev–Trinajstić information content (AvgIpc) is 3.09. The summed E-state index contributed by atoms with van der Waals surface area (Å²) in [6, 6.07) is 14.2. The molecule has 0 saturated carbocycles. The Kier molecular flexibility index (Phi) is 7.11. The molecule has 0 radical (unpaired) electrons. The highest BCUT2D eigenvalue weighted by Gasteiger charge is 2.12. The van der Waals surface area contributed by atoms with E-state index >= 15 is 0 Å². The monoisotopic (exact) mass is 431 g/mol. The number of nitrogens with zero attached hydrogens (tertiary/aromatic N) is 2. The number of para-hydroxylation sites is 1. The summed E-state index contributed by atoms with van der Waals surface area (Å²) in [6.45, 7) is 7.49. The van der Waals surface area contributed by atoms with Gasteiger partial charge in [-0.25, -0.2) is 0 Å². The van der Waals surface area contributed by atoms with E-state index in [1.165, 1.54) is 16.5 Å². The van der Waals surface area contributed by atoms with Crippen LogP contribution >= 0.6 is 23.2 Å². The number of hydrogen-bond donors (Lipinski definition) is 1. The van der Waals surface area contributed by atoms with E-state index in [0.717, 1.165) is 57.9 Å². The first-order valence-electron chi connectivity index (χ1n) is 10.2. The molecule has 29 heavy (non-hydrogen) atoms. The number of fused-ring (bicyclic) bond motifs is 1. The molecule has 154 valence electrons. The molecule has 1 aliphatic rings. The van der Waals surface area contributed by atoms with E-state index in [4.69, 9.17) is 27.9 Å². The van der Waals surface area contributed by atoms with Gasteiger partial charge in [0.1, 0.15) is 0 Å². The van der Waals surface area contributed by atoms with E-state index in [2.05, 4.69) is 45.2 Å². The lowest BCUT2D eigenvalue weighted by Gasteiger charge is -2.26. The van der Waals surface area contributed by atoms with Crippen molar-refractivity contribution in [2.75, 3.05) is 39.4 Å². The molecule has 2 heterocycles. The molecular formula is C23H27Cl2N3O. The van der Waals surface area contributed by atoms with Crippen molar-refractivity contribution in [1.29, 1.82) is 0 Å². The maximum atomic E-state index is 6.40. The largest absolute Gasteiger partial charge is 0.379 e. The van der Waals surface area contributed by atoms with Gasteiger partial charge in [-0.1, -0.05) is 47.5 Å². The van der Waals surface area contributed by atoms with Crippen LogP contribution in [0.4, 0.5) is 0 Å². The SMILES string of the molecule is Clc1cccc(Cl)c1Cn1cc(CNCCCN2CCOCC2)c2ccccc21. The summed E-state index contributed by atoms with van der Waals surface area (Å²) in [5.41, 5.74) is 3.46. The molecule has 4 rings (SSSR count). The molecule has 0 spiro atoms. The molecular weight excluding hydrogens is 405 g/mol. The maximum Gasteiger partial charge on any atom is 0.0594 e. The zero-order valence-corrected chi connectivity index (χ0v) is 18.1. The standard InChI is InChI=1S/C23H27Cl2N3O/c24-21-6-3-7-22(25)20(21)17-28-16-18(19-5-1-2-8-23(19)28)15-26-9-4-10-27-11-13-29-14-12-27/h1-3,5-8,16,26H,4,9-15,17H2. The number of hydrogen-bond acceptors (Lipinski definition) is 3. The quantitative estimate of drug-likeness (QED) is 0.518. The molecule has 0 bridgehead atoms. The number of rotatable bonds is 8. The van der Waals surface area contributed by atoms with Gasteiger partial charge >= 0.3 is 0 Å². The summed E-state index contributed by atoms with van der Waals surface area (Å²) in [6.07, 6.45) is 3.37. The van der Waals surface area contributed by atoms with E-state index in [-0.39, 0.29) is 0 Å². The van der Waals surface area contributed by atoms with Crippen molar-refractivity contribution in [2.24, 2.45) is 0 Å². The summed E-state index contributed by atoms with van der Waals surface area (Å²) in [4.78, 5) is 2.48. The lowest BCUT2D eigenvalue weighted by atomic mass is 10.2. The van der Waals surface area contributed by atoms with Gasteiger partial charge in [-0.3, -0.25) is 4.90 Å². The first kappa shape index (κ1) is 20.7. The Morgan fingerprint density at radius 2 is 1.72 bits per heavy atom. The summed E-state index contributed by atoms with van der Waals surface area (Å²) in [7, 11) is 0. The van der Waals surface area contributed by atoms with Gasteiger partial charge in [-0.15, -0.1) is 0 Å². The first-order chi connectivity index (χ1) is 14.2. The van der Waals surface area contributed by atoms with Crippen LogP contribution in [0, 0.1) is 0 Å². The van der Waals surface area contributed by atoms with Crippen LogP contribution in [-0.4, -0.2) is 48.9 Å². The minimum atomic E-state index is 0.663. The Morgan fingerprint density at radius 1 is 0.966 bits per heavy atom. The smallest absolute Gasteiger partial charge is 0.0594 e. The van der Waals surface area contributed by atoms with Crippen molar-refractivity contribution < 1.29 is 4.74 Å². The van der Waals surface area contributed by atoms with Gasteiger partial charge in [0.2, 0.25) is 0 Å². The van der Waals surface area contributed by atoms with Crippen LogP contribution < -0.4 is 5.32 Å². The first-order valence-corrected chi connectivity index (χ1v) is 11.0. The summed E-state index contributed by atoms with van der Waals surface area (Å²) < 4.78 is 7.65. The third-order valence-corrected chi connectivity index (χ3v) is 6.22. The minimum absolute atomic E-state index is 0.663.